The van der Waals surface area contributed by atoms with Crippen molar-refractivity contribution in [3.05, 3.63) is 40.5 Å². The van der Waals surface area contributed by atoms with Crippen molar-refractivity contribution in [2.45, 2.75) is 32.6 Å². The highest BCUT2D eigenvalue weighted by Crippen LogP contribution is 2.22. The summed E-state index contributed by atoms with van der Waals surface area (Å²) in [6, 6.07) is 2.85. The molecule has 5 heteroatoms. The molecule has 0 spiro atoms. The Morgan fingerprint density at radius 3 is 2.26 bits per heavy atom. The summed E-state index contributed by atoms with van der Waals surface area (Å²) in [7, 11) is -3.50. The average Bonchev–Trinajstić information content (AvgIpc) is 2.25. The van der Waals surface area contributed by atoms with Gasteiger partial charge in [-0.15, -0.1) is 0 Å². The lowest BCUT2D eigenvalue weighted by molar-refractivity contribution is 0.0696. The number of benzene rings is 1. The van der Waals surface area contributed by atoms with Gasteiger partial charge in [0.15, 0.2) is 9.84 Å². The topological polar surface area (TPSA) is 71.4 Å². The zero-order valence-electron chi connectivity index (χ0n) is 11.5. The predicted octanol–water partition coefficient (Wildman–Crippen LogP) is 2.74. The van der Waals surface area contributed by atoms with Crippen LogP contribution in [0.2, 0.25) is 0 Å². The fourth-order valence-corrected chi connectivity index (χ4v) is 3.34. The maximum atomic E-state index is 12.2. The molecular weight excluding hydrogens is 264 g/mol. The van der Waals surface area contributed by atoms with E-state index in [-0.39, 0.29) is 16.2 Å². The molecule has 0 saturated heterocycles. The smallest absolute Gasteiger partial charge is 0.335 e. The summed E-state index contributed by atoms with van der Waals surface area (Å²) in [5.74, 6) is -1.23. The molecule has 1 rings (SSSR count). The Labute approximate surface area is 113 Å². The molecule has 0 aromatic heterocycles. The van der Waals surface area contributed by atoms with Crippen LogP contribution in [0.1, 0.15) is 35.3 Å². The third-order valence-electron chi connectivity index (χ3n) is 2.80. The van der Waals surface area contributed by atoms with Crippen molar-refractivity contribution < 1.29 is 18.3 Å². The van der Waals surface area contributed by atoms with Crippen molar-refractivity contribution in [3.63, 3.8) is 0 Å². The number of carboxylic acids is 1. The van der Waals surface area contributed by atoms with Crippen LogP contribution in [0.5, 0.6) is 0 Å². The number of aromatic carboxylic acids is 1. The molecule has 0 aliphatic carbocycles. The monoisotopic (exact) mass is 282 g/mol. The molecule has 0 saturated carbocycles. The first kappa shape index (κ1) is 15.4. The van der Waals surface area contributed by atoms with E-state index in [1.807, 2.05) is 13.8 Å². The van der Waals surface area contributed by atoms with Gasteiger partial charge in [0.2, 0.25) is 0 Å². The zero-order valence-corrected chi connectivity index (χ0v) is 12.3. The molecule has 0 atom stereocenters. The van der Waals surface area contributed by atoms with Crippen LogP contribution < -0.4 is 0 Å². The van der Waals surface area contributed by atoms with E-state index in [0.717, 1.165) is 5.57 Å². The van der Waals surface area contributed by atoms with Gasteiger partial charge in [0.1, 0.15) is 0 Å². The minimum absolute atomic E-state index is 0.0291. The lowest BCUT2D eigenvalue weighted by Gasteiger charge is -2.10. The van der Waals surface area contributed by atoms with Crippen LogP contribution in [0, 0.1) is 13.8 Å². The Hall–Kier alpha value is -1.62. The second-order valence-corrected chi connectivity index (χ2v) is 6.80. The van der Waals surface area contributed by atoms with Crippen molar-refractivity contribution >= 4 is 15.8 Å². The highest BCUT2D eigenvalue weighted by molar-refractivity contribution is 7.91. The first-order chi connectivity index (χ1) is 8.65. The highest BCUT2D eigenvalue weighted by Gasteiger charge is 2.19. The molecule has 0 bridgehead atoms. The first-order valence-electron chi connectivity index (χ1n) is 5.86. The van der Waals surface area contributed by atoms with Crippen molar-refractivity contribution in [1.29, 1.82) is 0 Å². The van der Waals surface area contributed by atoms with Crippen LogP contribution >= 0.6 is 0 Å². The number of carbonyl (C=O) groups is 1. The average molecular weight is 282 g/mol. The summed E-state index contributed by atoms with van der Waals surface area (Å²) < 4.78 is 24.4. The molecular formula is C14H18O4S. The zero-order chi connectivity index (χ0) is 14.8. The summed E-state index contributed by atoms with van der Waals surface area (Å²) in [5, 5.41) is 9.06. The molecule has 1 N–H and O–H groups in total. The minimum Gasteiger partial charge on any atom is -0.478 e. The van der Waals surface area contributed by atoms with Crippen LogP contribution in [0.4, 0.5) is 0 Å². The molecule has 1 aromatic carbocycles. The largest absolute Gasteiger partial charge is 0.478 e. The molecule has 0 aliphatic heterocycles. The second kappa shape index (κ2) is 5.57. The Morgan fingerprint density at radius 1 is 1.21 bits per heavy atom. The summed E-state index contributed by atoms with van der Waals surface area (Å²) in [5.41, 5.74) is 2.07. The van der Waals surface area contributed by atoms with E-state index in [2.05, 4.69) is 0 Å². The minimum atomic E-state index is -3.50. The van der Waals surface area contributed by atoms with E-state index in [9.17, 15) is 13.2 Å². The molecule has 1 aromatic rings. The fourth-order valence-electron chi connectivity index (χ4n) is 1.76. The quantitative estimate of drug-likeness (QED) is 0.862. The van der Waals surface area contributed by atoms with Crippen LogP contribution in [-0.4, -0.2) is 25.2 Å². The van der Waals surface area contributed by atoms with E-state index in [0.29, 0.717) is 11.1 Å². The van der Waals surface area contributed by atoms with E-state index >= 15 is 0 Å². The van der Waals surface area contributed by atoms with Gasteiger partial charge in [-0.2, -0.15) is 0 Å². The van der Waals surface area contributed by atoms with E-state index in [4.69, 9.17) is 5.11 Å². The Bertz CT molecular complexity index is 636. The molecule has 0 heterocycles. The number of allylic oxidation sites excluding steroid dienone is 1. The van der Waals surface area contributed by atoms with Gasteiger partial charge in [0.25, 0.3) is 0 Å². The molecule has 0 aliphatic rings. The standard InChI is InChI=1S/C14H18O4S/c1-9(2)5-6-19(17,18)13-8-12(14(15)16)10(3)7-11(13)4/h5,7-8H,6H2,1-4H3,(H,15,16). The third-order valence-corrected chi connectivity index (χ3v) is 4.51. The molecule has 0 fully saturated rings. The summed E-state index contributed by atoms with van der Waals surface area (Å²) >= 11 is 0. The number of sulfone groups is 1. The SMILES string of the molecule is CC(C)=CCS(=O)(=O)c1cc(C(=O)O)c(C)cc1C. The Kier molecular flexibility index (Phi) is 4.52. The lowest BCUT2D eigenvalue weighted by Crippen LogP contribution is -2.10. The van der Waals surface area contributed by atoms with Gasteiger partial charge >= 0.3 is 5.97 Å². The van der Waals surface area contributed by atoms with E-state index in [1.54, 1.807) is 26.0 Å². The number of hydrogen-bond donors (Lipinski definition) is 1. The first-order valence-corrected chi connectivity index (χ1v) is 7.51. The second-order valence-electron chi connectivity index (χ2n) is 4.80. The number of hydrogen-bond acceptors (Lipinski definition) is 3. The van der Waals surface area contributed by atoms with Crippen molar-refractivity contribution in [2.24, 2.45) is 0 Å². The van der Waals surface area contributed by atoms with Gasteiger partial charge in [0, 0.05) is 0 Å². The molecule has 4 nitrogen and oxygen atoms in total. The van der Waals surface area contributed by atoms with Crippen LogP contribution in [-0.2, 0) is 9.84 Å². The van der Waals surface area contributed by atoms with Gasteiger partial charge in [0.05, 0.1) is 16.2 Å². The molecule has 19 heavy (non-hydrogen) atoms. The van der Waals surface area contributed by atoms with Crippen molar-refractivity contribution in [2.75, 3.05) is 5.75 Å². The molecule has 104 valence electrons. The van der Waals surface area contributed by atoms with Crippen LogP contribution in [0.25, 0.3) is 0 Å². The maximum Gasteiger partial charge on any atom is 0.335 e. The van der Waals surface area contributed by atoms with Gasteiger partial charge in [-0.25, -0.2) is 13.2 Å². The van der Waals surface area contributed by atoms with Crippen LogP contribution in [0.3, 0.4) is 0 Å². The Balaban J connectivity index is 3.38. The maximum absolute atomic E-state index is 12.2. The summed E-state index contributed by atoms with van der Waals surface area (Å²) in [6.45, 7) is 6.97. The number of aryl methyl sites for hydroxylation is 2. The number of rotatable bonds is 4. The van der Waals surface area contributed by atoms with Gasteiger partial charge in [-0.05, 0) is 44.9 Å². The summed E-state index contributed by atoms with van der Waals surface area (Å²) in [4.78, 5) is 11.2. The molecule has 0 unspecified atom stereocenters. The number of carboxylic acid groups (broad SMARTS) is 1. The van der Waals surface area contributed by atoms with E-state index in [1.165, 1.54) is 6.07 Å². The molecule has 0 radical (unpaired) electrons. The highest BCUT2D eigenvalue weighted by atomic mass is 32.2. The Morgan fingerprint density at radius 2 is 1.79 bits per heavy atom. The fraction of sp³-hybridized carbons (Fsp3) is 0.357. The van der Waals surface area contributed by atoms with Gasteiger partial charge < -0.3 is 5.11 Å². The molecule has 0 amide bonds. The van der Waals surface area contributed by atoms with Gasteiger partial charge in [-0.3, -0.25) is 0 Å². The van der Waals surface area contributed by atoms with E-state index < -0.39 is 15.8 Å². The summed E-state index contributed by atoms with van der Waals surface area (Å²) in [6.07, 6.45) is 1.62. The lowest BCUT2D eigenvalue weighted by atomic mass is 10.1. The van der Waals surface area contributed by atoms with Gasteiger partial charge in [-0.1, -0.05) is 17.7 Å². The third kappa shape index (κ3) is 3.67. The normalized spacial score (nSPS) is 11.2. The van der Waals surface area contributed by atoms with Crippen molar-refractivity contribution in [3.8, 4) is 0 Å². The van der Waals surface area contributed by atoms with Crippen molar-refractivity contribution in [1.82, 2.24) is 0 Å². The predicted molar refractivity (Wildman–Crippen MR) is 74.4 cm³/mol. The van der Waals surface area contributed by atoms with Crippen LogP contribution in [0.15, 0.2) is 28.7 Å².